The van der Waals surface area contributed by atoms with E-state index in [2.05, 4.69) is 26.8 Å². The van der Waals surface area contributed by atoms with Gasteiger partial charge in [-0.25, -0.2) is 0 Å². The van der Waals surface area contributed by atoms with Crippen LogP contribution in [-0.4, -0.2) is 32.7 Å². The fourth-order valence-corrected chi connectivity index (χ4v) is 31.5. The van der Waals surface area contributed by atoms with Crippen molar-refractivity contribution in [2.24, 2.45) is 0 Å². The molecule has 0 unspecified atom stereocenters. The highest BCUT2D eigenvalue weighted by atomic mass is 31.2. The molecule has 0 aliphatic heterocycles. The van der Waals surface area contributed by atoms with Gasteiger partial charge in [-0.2, -0.15) is 0 Å². The molecule has 0 heterocycles. The van der Waals surface area contributed by atoms with Gasteiger partial charge >= 0.3 is 0 Å². The predicted molar refractivity (Wildman–Crippen MR) is 587 cm³/mol. The molecule has 138 heavy (non-hydrogen) atoms. The monoisotopic (exact) mass is 1930 g/mol. The predicted octanol–water partition coefficient (Wildman–Crippen LogP) is 27.9. The standard InChI is InChI=1S/C38H32O3P2.C23H25O2P.3C14H15OP.C12H10O.C7H8O/c39-42(35-13-5-1-6-14-35,36-15-7-2-8-16-36)29-31-21-25-33(26-22-31)41-34-27-23-32(24-28-34)30-43(40,37-17-9-3-10-18-37)38-19-11-4-12-20-38;1-17-15-18(2)23(25-4)19(3)22(17)16-26(24,20-11-7-5-8-12-20)21-13-9-6-10-14-21;3*1-2-16(15,13-9-5-3-6-10-13)14-11-7-4-8-12-14;1-3-7-11(8-4-1)13-12-9-5-2-6-10-12;1-8-7-5-3-2-4-6-7/h1-28H,29-30H2;5-15H,16H2,1-4H3;3*3-12H,2H2,1H3;1-10H;2-6H,1H3. The average Bonchev–Trinajstić information content (AvgIpc) is 0.720. The second-order valence-corrected chi connectivity index (χ2v) is 50.6. The maximum Gasteiger partial charge on any atom is 0.147 e. The number of rotatable bonds is 27. The highest BCUT2D eigenvalue weighted by Crippen LogP contribution is 2.52. The van der Waals surface area contributed by atoms with E-state index >= 15 is 0 Å². The highest BCUT2D eigenvalue weighted by Gasteiger charge is 2.33. The van der Waals surface area contributed by atoms with Gasteiger partial charge in [0.1, 0.15) is 77.3 Å². The van der Waals surface area contributed by atoms with E-state index in [0.29, 0.717) is 48.5 Å². The zero-order chi connectivity index (χ0) is 97.3. The molecule has 0 saturated carbocycles. The third kappa shape index (κ3) is 27.9. The molecule has 18 aromatic rings. The Morgan fingerprint density at radius 3 is 0.543 bits per heavy atom. The lowest BCUT2D eigenvalue weighted by atomic mass is 9.99. The third-order valence-corrected chi connectivity index (χ3v) is 42.3. The quantitative estimate of drug-likeness (QED) is 0.0457. The van der Waals surface area contributed by atoms with E-state index in [-0.39, 0.29) is 0 Å². The number of hydrogen-bond acceptors (Lipinski definition) is 10. The van der Waals surface area contributed by atoms with Crippen LogP contribution in [0.15, 0.2) is 510 Å². The van der Waals surface area contributed by atoms with Crippen LogP contribution >= 0.6 is 42.9 Å². The molecule has 0 N–H and O–H groups in total. The van der Waals surface area contributed by atoms with Crippen molar-refractivity contribution in [1.29, 1.82) is 0 Å². The summed E-state index contributed by atoms with van der Waals surface area (Å²) in [7, 11) is -12.4. The Labute approximate surface area is 817 Å². The van der Waals surface area contributed by atoms with Crippen molar-refractivity contribution in [2.45, 2.75) is 60.0 Å². The Balaban J connectivity index is 0.000000154. The van der Waals surface area contributed by atoms with Crippen LogP contribution in [-0.2, 0) is 45.9 Å². The fraction of sp³-hybridized carbons (Fsp3) is 0.115. The molecular weight excluding hydrogens is 1810 g/mol. The molecule has 10 nitrogen and oxygen atoms in total. The molecule has 0 saturated heterocycles. The van der Waals surface area contributed by atoms with Gasteiger partial charge in [-0.05, 0) is 115 Å². The molecule has 0 aliphatic carbocycles. The molecule has 0 amide bonds. The minimum Gasteiger partial charge on any atom is -0.497 e. The highest BCUT2D eigenvalue weighted by molar-refractivity contribution is 7.80. The van der Waals surface area contributed by atoms with Crippen LogP contribution in [0, 0.1) is 20.8 Å². The van der Waals surface area contributed by atoms with Crippen LogP contribution in [0.1, 0.15) is 54.2 Å². The summed E-state index contributed by atoms with van der Waals surface area (Å²) < 4.78 is 104. The Morgan fingerprint density at radius 2 is 0.362 bits per heavy atom. The Kier molecular flexibility index (Phi) is 39.1. The summed E-state index contributed by atoms with van der Waals surface area (Å²) in [5, 5.41) is 10.9. The van der Waals surface area contributed by atoms with Gasteiger partial charge in [0.2, 0.25) is 0 Å². The molecule has 16 heteroatoms. The van der Waals surface area contributed by atoms with Crippen LogP contribution in [0.5, 0.6) is 34.5 Å². The van der Waals surface area contributed by atoms with Crippen LogP contribution in [0.4, 0.5) is 0 Å². The van der Waals surface area contributed by atoms with Crippen molar-refractivity contribution in [3.05, 3.63) is 543 Å². The first-order valence-electron chi connectivity index (χ1n) is 46.3. The molecule has 0 atom stereocenters. The lowest BCUT2D eigenvalue weighted by Gasteiger charge is -2.23. The topological polar surface area (TPSA) is 139 Å². The first-order valence-corrected chi connectivity index (χ1v) is 57.6. The molecular formula is C122H120O10P6. The normalized spacial score (nSPS) is 11.1. The first-order chi connectivity index (χ1) is 67.2. The SMILES string of the molecule is CCP(=O)(c1ccccc1)c1ccccc1.CCP(=O)(c1ccccc1)c1ccccc1.CCP(=O)(c1ccccc1)c1ccccc1.COc1c(C)cc(C)c(CP(=O)(c2ccccc2)c2ccccc2)c1C.COc1ccccc1.O=P(Cc1ccc(Oc2ccc(CP(=O)(c3ccccc3)c3ccccc3)cc2)cc1)(c1ccccc1)c1ccccc1.c1ccc(Oc2ccccc2)cc1. The summed E-state index contributed by atoms with van der Waals surface area (Å²) in [6.07, 6.45) is 3.36. The summed E-state index contributed by atoms with van der Waals surface area (Å²) in [5.74, 6) is 4.93. The smallest absolute Gasteiger partial charge is 0.147 e. The van der Waals surface area contributed by atoms with E-state index in [1.165, 1.54) is 0 Å². The number of ether oxygens (including phenoxy) is 4. The van der Waals surface area contributed by atoms with E-state index in [4.69, 9.17) is 18.9 Å². The van der Waals surface area contributed by atoms with Crippen LogP contribution < -0.4 is 82.6 Å². The van der Waals surface area contributed by atoms with E-state index in [1.54, 1.807) is 14.2 Å². The van der Waals surface area contributed by atoms with Crippen LogP contribution in [0.2, 0.25) is 0 Å². The number of hydrogen-bond donors (Lipinski definition) is 0. The molecule has 0 radical (unpaired) electrons. The number of para-hydroxylation sites is 3. The van der Waals surface area contributed by atoms with Crippen LogP contribution in [0.25, 0.3) is 0 Å². The van der Waals surface area contributed by atoms with E-state index < -0.39 is 42.9 Å². The number of aryl methyl sites for hydroxylation is 2. The minimum atomic E-state index is -2.86. The summed E-state index contributed by atoms with van der Waals surface area (Å²) in [4.78, 5) is 0. The second kappa shape index (κ2) is 52.2. The molecule has 0 fully saturated rings. The van der Waals surface area contributed by atoms with Gasteiger partial charge in [0.25, 0.3) is 0 Å². The van der Waals surface area contributed by atoms with Gasteiger partial charge in [-0.15, -0.1) is 0 Å². The minimum absolute atomic E-state index is 0.429. The van der Waals surface area contributed by atoms with Crippen molar-refractivity contribution in [2.75, 3.05) is 32.7 Å². The maximum atomic E-state index is 14.4. The maximum absolute atomic E-state index is 14.4. The molecule has 18 rings (SSSR count). The fourth-order valence-electron chi connectivity index (χ4n) is 16.2. The van der Waals surface area contributed by atoms with Gasteiger partial charge in [-0.1, -0.05) is 470 Å². The Hall–Kier alpha value is -13.5. The van der Waals surface area contributed by atoms with Crippen LogP contribution in [0.3, 0.4) is 0 Å². The molecule has 0 aromatic heterocycles. The summed E-state index contributed by atoms with van der Waals surface area (Å²) in [5.41, 5.74) is 6.43. The summed E-state index contributed by atoms with van der Waals surface area (Å²) >= 11 is 0. The molecule has 18 aromatic carbocycles. The lowest BCUT2D eigenvalue weighted by molar-refractivity contribution is 0.408. The Bertz CT molecular complexity index is 6300. The zero-order valence-electron chi connectivity index (χ0n) is 79.5. The lowest BCUT2D eigenvalue weighted by Crippen LogP contribution is -2.18. The second-order valence-electron chi connectivity index (χ2n) is 32.7. The summed E-state index contributed by atoms with van der Waals surface area (Å²) in [6, 6.07) is 164. The van der Waals surface area contributed by atoms with Gasteiger partial charge in [0.05, 0.1) is 14.2 Å². The van der Waals surface area contributed by atoms with Gasteiger partial charge < -0.3 is 46.3 Å². The van der Waals surface area contributed by atoms with Gasteiger partial charge in [0, 0.05) is 101 Å². The van der Waals surface area contributed by atoms with Crippen molar-refractivity contribution in [3.63, 3.8) is 0 Å². The van der Waals surface area contributed by atoms with Gasteiger partial charge in [-0.3, -0.25) is 0 Å². The largest absolute Gasteiger partial charge is 0.497 e. The van der Waals surface area contributed by atoms with Crippen molar-refractivity contribution < 1.29 is 46.3 Å². The van der Waals surface area contributed by atoms with E-state index in [9.17, 15) is 27.4 Å². The first kappa shape index (κ1) is 103. The third-order valence-electron chi connectivity index (χ3n) is 23.7. The Morgan fingerprint density at radius 1 is 0.188 bits per heavy atom. The van der Waals surface area contributed by atoms with Crippen molar-refractivity contribution in [1.82, 2.24) is 0 Å². The average molecular weight is 1930 g/mol. The van der Waals surface area contributed by atoms with Crippen molar-refractivity contribution >= 4 is 107 Å². The molecule has 698 valence electrons. The number of methoxy groups -OCH3 is 2. The molecule has 0 bridgehead atoms. The van der Waals surface area contributed by atoms with Crippen molar-refractivity contribution in [3.8, 4) is 34.5 Å². The molecule has 0 aliphatic rings. The number of benzene rings is 18. The molecule has 0 spiro atoms. The van der Waals surface area contributed by atoms with E-state index in [1.807, 2.05) is 524 Å². The van der Waals surface area contributed by atoms with Gasteiger partial charge in [0.15, 0.2) is 0 Å². The summed E-state index contributed by atoms with van der Waals surface area (Å²) in [6.45, 7) is 12.2. The van der Waals surface area contributed by atoms with E-state index in [0.717, 1.165) is 120 Å². The zero-order valence-corrected chi connectivity index (χ0v) is 84.9.